The Morgan fingerprint density at radius 2 is 1.17 bits per heavy atom. The number of rotatable bonds is 16. The van der Waals surface area contributed by atoms with Crippen LogP contribution in [-0.2, 0) is 6.42 Å². The summed E-state index contributed by atoms with van der Waals surface area (Å²) in [6.07, 6.45) is 17.0. The van der Waals surface area contributed by atoms with E-state index in [1.807, 2.05) is 18.2 Å². The summed E-state index contributed by atoms with van der Waals surface area (Å²) in [5.41, 5.74) is 1.26. The van der Waals surface area contributed by atoms with Crippen LogP contribution in [0.2, 0.25) is 0 Å². The molecule has 0 radical (unpaired) electrons. The van der Waals surface area contributed by atoms with E-state index in [9.17, 15) is 5.21 Å². The molecular formula is C22H38NO-. The number of hydroxylamine groups is 2. The fraction of sp³-hybridized carbons (Fsp3) is 0.727. The largest absolute Gasteiger partial charge is 0.785 e. The zero-order valence-electron chi connectivity index (χ0n) is 15.8. The highest BCUT2D eigenvalue weighted by Gasteiger charge is 1.96. The predicted molar refractivity (Wildman–Crippen MR) is 106 cm³/mol. The monoisotopic (exact) mass is 332 g/mol. The van der Waals surface area contributed by atoms with E-state index in [1.165, 1.54) is 81.3 Å². The molecule has 0 amide bonds. The van der Waals surface area contributed by atoms with Crippen LogP contribution in [-0.4, -0.2) is 18.2 Å². The summed E-state index contributed by atoms with van der Waals surface area (Å²) in [6.45, 7) is 3.60. The molecule has 0 unspecified atom stereocenters. The van der Waals surface area contributed by atoms with Gasteiger partial charge < -0.3 is 10.3 Å². The van der Waals surface area contributed by atoms with Crippen LogP contribution in [0.1, 0.15) is 89.5 Å². The molecule has 0 saturated heterocycles. The lowest BCUT2D eigenvalue weighted by atomic mass is 10.1. The van der Waals surface area contributed by atoms with E-state index >= 15 is 0 Å². The van der Waals surface area contributed by atoms with Crippen molar-refractivity contribution in [3.63, 3.8) is 0 Å². The zero-order chi connectivity index (χ0) is 17.3. The summed E-state index contributed by atoms with van der Waals surface area (Å²) in [5, 5.41) is 13.1. The Balaban J connectivity index is 1.81. The topological polar surface area (TPSA) is 26.3 Å². The first-order chi connectivity index (χ1) is 11.8. The highest BCUT2D eigenvalue weighted by molar-refractivity contribution is 5.14. The fourth-order valence-electron chi connectivity index (χ4n) is 3.14. The third-order valence-corrected chi connectivity index (χ3v) is 4.75. The van der Waals surface area contributed by atoms with Crippen molar-refractivity contribution >= 4 is 0 Å². The van der Waals surface area contributed by atoms with Crippen molar-refractivity contribution in [2.45, 2.75) is 90.4 Å². The molecule has 0 aromatic heterocycles. The molecule has 1 aromatic carbocycles. The summed E-state index contributed by atoms with van der Waals surface area (Å²) < 4.78 is 0. The van der Waals surface area contributed by atoms with Gasteiger partial charge in [-0.1, -0.05) is 108 Å². The number of benzene rings is 1. The van der Waals surface area contributed by atoms with E-state index in [0.29, 0.717) is 13.1 Å². The van der Waals surface area contributed by atoms with Crippen LogP contribution in [0.3, 0.4) is 0 Å². The summed E-state index contributed by atoms with van der Waals surface area (Å²) in [4.78, 5) is 0. The first kappa shape index (κ1) is 21.2. The van der Waals surface area contributed by atoms with Gasteiger partial charge in [-0.3, -0.25) is 0 Å². The minimum absolute atomic E-state index is 0.627. The van der Waals surface area contributed by atoms with Crippen molar-refractivity contribution in [1.29, 1.82) is 0 Å². The molecule has 0 spiro atoms. The number of hydrogen-bond donors (Lipinski definition) is 0. The van der Waals surface area contributed by atoms with Gasteiger partial charge in [-0.05, 0) is 31.5 Å². The minimum Gasteiger partial charge on any atom is -0.785 e. The molecule has 0 aliphatic carbocycles. The van der Waals surface area contributed by atoms with Gasteiger partial charge in [0.25, 0.3) is 0 Å². The minimum atomic E-state index is 0.627. The van der Waals surface area contributed by atoms with E-state index in [4.69, 9.17) is 0 Å². The molecular weight excluding hydrogens is 294 g/mol. The summed E-state index contributed by atoms with van der Waals surface area (Å²) in [5.74, 6) is 0. The molecule has 0 N–H and O–H groups in total. The molecule has 2 nitrogen and oxygen atoms in total. The lowest BCUT2D eigenvalue weighted by Gasteiger charge is -2.28. The van der Waals surface area contributed by atoms with Crippen molar-refractivity contribution < 1.29 is 0 Å². The summed E-state index contributed by atoms with van der Waals surface area (Å²) in [6, 6.07) is 10.3. The molecule has 1 rings (SSSR count). The fourth-order valence-corrected chi connectivity index (χ4v) is 3.14. The highest BCUT2D eigenvalue weighted by atomic mass is 16.5. The van der Waals surface area contributed by atoms with E-state index in [0.717, 1.165) is 12.8 Å². The van der Waals surface area contributed by atoms with Gasteiger partial charge in [0.1, 0.15) is 0 Å². The molecule has 0 atom stereocenters. The second-order valence-corrected chi connectivity index (χ2v) is 7.05. The Kier molecular flexibility index (Phi) is 13.8. The second-order valence-electron chi connectivity index (χ2n) is 7.05. The van der Waals surface area contributed by atoms with Crippen molar-refractivity contribution in [2.75, 3.05) is 13.1 Å². The number of unbranched alkanes of at least 4 members (excludes halogenated alkanes) is 11. The Labute approximate surface area is 150 Å². The molecule has 0 heterocycles. The molecule has 1 aromatic rings. The van der Waals surface area contributed by atoms with Gasteiger partial charge in [0.05, 0.1) is 0 Å². The van der Waals surface area contributed by atoms with Crippen LogP contribution >= 0.6 is 0 Å². The first-order valence-electron chi connectivity index (χ1n) is 10.3. The third kappa shape index (κ3) is 12.5. The summed E-state index contributed by atoms with van der Waals surface area (Å²) >= 11 is 0. The molecule has 138 valence electrons. The lowest BCUT2D eigenvalue weighted by molar-refractivity contribution is 0.366. The Morgan fingerprint density at radius 3 is 1.71 bits per heavy atom. The third-order valence-electron chi connectivity index (χ3n) is 4.75. The van der Waals surface area contributed by atoms with Crippen LogP contribution in [0, 0.1) is 5.21 Å². The van der Waals surface area contributed by atoms with Gasteiger partial charge in [-0.15, -0.1) is 0 Å². The quantitative estimate of drug-likeness (QED) is 0.248. The lowest BCUT2D eigenvalue weighted by Crippen LogP contribution is -2.20. The molecule has 24 heavy (non-hydrogen) atoms. The Bertz CT molecular complexity index is 365. The predicted octanol–water partition coefficient (Wildman–Crippen LogP) is 6.73. The van der Waals surface area contributed by atoms with E-state index in [1.54, 1.807) is 0 Å². The average Bonchev–Trinajstić information content (AvgIpc) is 2.62. The van der Waals surface area contributed by atoms with Crippen molar-refractivity contribution in [1.82, 2.24) is 5.06 Å². The van der Waals surface area contributed by atoms with Gasteiger partial charge in [0.15, 0.2) is 0 Å². The molecule has 0 aliphatic rings. The first-order valence-corrected chi connectivity index (χ1v) is 10.3. The van der Waals surface area contributed by atoms with Gasteiger partial charge in [0, 0.05) is 0 Å². The highest BCUT2D eigenvalue weighted by Crippen LogP contribution is 2.12. The number of hydrogen-bond acceptors (Lipinski definition) is 2. The summed E-state index contributed by atoms with van der Waals surface area (Å²) in [7, 11) is 0. The molecule has 0 saturated carbocycles. The van der Waals surface area contributed by atoms with Gasteiger partial charge in [-0.25, -0.2) is 0 Å². The van der Waals surface area contributed by atoms with Crippen LogP contribution in [0.15, 0.2) is 30.3 Å². The Hall–Kier alpha value is -0.860. The van der Waals surface area contributed by atoms with Crippen LogP contribution in [0.25, 0.3) is 0 Å². The standard InChI is InChI=1S/C22H38NO/c1-2-3-4-5-6-7-8-9-10-11-12-16-20-23(24)21-19-22-17-14-13-15-18-22/h13-15,17-18H,2-12,16,19-21H2,1H3/q-1. The maximum atomic E-state index is 11.8. The maximum Gasteiger partial charge on any atom is -0.0103 e. The van der Waals surface area contributed by atoms with Crippen molar-refractivity contribution in [3.05, 3.63) is 41.1 Å². The zero-order valence-corrected chi connectivity index (χ0v) is 15.8. The van der Waals surface area contributed by atoms with Gasteiger partial charge in [0.2, 0.25) is 0 Å². The van der Waals surface area contributed by atoms with E-state index in [-0.39, 0.29) is 0 Å². The molecule has 2 heteroatoms. The molecule has 0 fully saturated rings. The van der Waals surface area contributed by atoms with Crippen molar-refractivity contribution in [3.8, 4) is 0 Å². The average molecular weight is 333 g/mol. The van der Waals surface area contributed by atoms with Crippen molar-refractivity contribution in [2.24, 2.45) is 0 Å². The number of nitrogens with zero attached hydrogens (tertiary/aromatic N) is 1. The van der Waals surface area contributed by atoms with Gasteiger partial charge in [-0.2, -0.15) is 0 Å². The Morgan fingerprint density at radius 1 is 0.667 bits per heavy atom. The second kappa shape index (κ2) is 15.7. The smallest absolute Gasteiger partial charge is 0.0103 e. The van der Waals surface area contributed by atoms with E-state index in [2.05, 4.69) is 19.1 Å². The van der Waals surface area contributed by atoms with Gasteiger partial charge >= 0.3 is 0 Å². The van der Waals surface area contributed by atoms with E-state index < -0.39 is 0 Å². The SMILES string of the molecule is CCCCCCCCCCCCCCN([O-])CCc1ccccc1. The van der Waals surface area contributed by atoms with Crippen LogP contribution in [0.5, 0.6) is 0 Å². The molecule has 0 aliphatic heterocycles. The van der Waals surface area contributed by atoms with Crippen LogP contribution in [0.4, 0.5) is 0 Å². The molecule has 0 bridgehead atoms. The van der Waals surface area contributed by atoms with Crippen LogP contribution < -0.4 is 0 Å². The maximum absolute atomic E-state index is 11.8. The normalized spacial score (nSPS) is 11.3.